The fourth-order valence-corrected chi connectivity index (χ4v) is 4.07. The number of amides is 1. The summed E-state index contributed by atoms with van der Waals surface area (Å²) in [6.07, 6.45) is 9.70. The Morgan fingerprint density at radius 2 is 1.65 bits per heavy atom. The molecule has 0 aromatic heterocycles. The molecular formula is C19H36N2O2. The van der Waals surface area contributed by atoms with Gasteiger partial charge in [0.1, 0.15) is 0 Å². The van der Waals surface area contributed by atoms with Crippen molar-refractivity contribution in [2.75, 3.05) is 46.4 Å². The lowest BCUT2D eigenvalue weighted by Gasteiger charge is -2.35. The Hall–Kier alpha value is -0.610. The van der Waals surface area contributed by atoms with Crippen LogP contribution in [0.2, 0.25) is 0 Å². The Morgan fingerprint density at radius 3 is 2.26 bits per heavy atom. The third-order valence-electron chi connectivity index (χ3n) is 5.72. The molecule has 4 nitrogen and oxygen atoms in total. The average Bonchev–Trinajstić information content (AvgIpc) is 2.54. The summed E-state index contributed by atoms with van der Waals surface area (Å²) >= 11 is 0. The van der Waals surface area contributed by atoms with Gasteiger partial charge >= 0.3 is 0 Å². The standard InChI is InChI=1S/C19H36N2O2/c1-17(16-23-2)18-8-14-21(15-9-18)19(22)10-13-20-11-6-4-3-5-7-12-20/h17-18H,3-16H2,1-2H3/t17-/m0/s1. The van der Waals surface area contributed by atoms with Gasteiger partial charge in [-0.3, -0.25) is 4.79 Å². The number of methoxy groups -OCH3 is 1. The van der Waals surface area contributed by atoms with E-state index in [1.807, 2.05) is 0 Å². The van der Waals surface area contributed by atoms with Crippen LogP contribution < -0.4 is 0 Å². The highest BCUT2D eigenvalue weighted by atomic mass is 16.5. The maximum Gasteiger partial charge on any atom is 0.223 e. The van der Waals surface area contributed by atoms with Crippen molar-refractivity contribution in [3.63, 3.8) is 0 Å². The van der Waals surface area contributed by atoms with Crippen LogP contribution in [-0.4, -0.2) is 62.1 Å². The Kier molecular flexibility index (Phi) is 8.38. The van der Waals surface area contributed by atoms with Crippen molar-refractivity contribution < 1.29 is 9.53 Å². The predicted molar refractivity (Wildman–Crippen MR) is 94.5 cm³/mol. The molecule has 0 spiro atoms. The second-order valence-corrected chi connectivity index (χ2v) is 7.51. The van der Waals surface area contributed by atoms with Crippen molar-refractivity contribution in [3.05, 3.63) is 0 Å². The molecule has 2 fully saturated rings. The second kappa shape index (κ2) is 10.3. The quantitative estimate of drug-likeness (QED) is 0.752. The molecule has 23 heavy (non-hydrogen) atoms. The smallest absolute Gasteiger partial charge is 0.223 e. The lowest BCUT2D eigenvalue weighted by Crippen LogP contribution is -2.41. The molecule has 2 aliphatic heterocycles. The van der Waals surface area contributed by atoms with Crippen LogP contribution >= 0.6 is 0 Å². The molecule has 0 aliphatic carbocycles. The third-order valence-corrected chi connectivity index (χ3v) is 5.72. The largest absolute Gasteiger partial charge is 0.384 e. The van der Waals surface area contributed by atoms with Crippen molar-refractivity contribution in [1.29, 1.82) is 0 Å². The number of ether oxygens (including phenoxy) is 1. The first-order valence-corrected chi connectivity index (χ1v) is 9.69. The van der Waals surface area contributed by atoms with E-state index in [4.69, 9.17) is 4.74 Å². The second-order valence-electron chi connectivity index (χ2n) is 7.51. The van der Waals surface area contributed by atoms with Crippen LogP contribution in [-0.2, 0) is 9.53 Å². The molecule has 0 aromatic carbocycles. The van der Waals surface area contributed by atoms with Crippen molar-refractivity contribution >= 4 is 5.91 Å². The summed E-state index contributed by atoms with van der Waals surface area (Å²) in [5, 5.41) is 0. The van der Waals surface area contributed by atoms with Crippen LogP contribution in [0.15, 0.2) is 0 Å². The van der Waals surface area contributed by atoms with Gasteiger partial charge in [-0.15, -0.1) is 0 Å². The van der Waals surface area contributed by atoms with Gasteiger partial charge in [0, 0.05) is 39.8 Å². The van der Waals surface area contributed by atoms with Crippen LogP contribution in [0.1, 0.15) is 58.3 Å². The highest BCUT2D eigenvalue weighted by molar-refractivity contribution is 5.76. The molecule has 2 rings (SSSR count). The van der Waals surface area contributed by atoms with Gasteiger partial charge in [0.25, 0.3) is 0 Å². The summed E-state index contributed by atoms with van der Waals surface area (Å²) in [6, 6.07) is 0. The van der Waals surface area contributed by atoms with Gasteiger partial charge in [-0.1, -0.05) is 26.2 Å². The van der Waals surface area contributed by atoms with E-state index in [2.05, 4.69) is 16.7 Å². The third kappa shape index (κ3) is 6.42. The van der Waals surface area contributed by atoms with Gasteiger partial charge < -0.3 is 14.5 Å². The molecule has 1 amide bonds. The van der Waals surface area contributed by atoms with Gasteiger partial charge in [-0.05, 0) is 50.6 Å². The molecule has 0 N–H and O–H groups in total. The van der Waals surface area contributed by atoms with E-state index in [0.29, 0.717) is 24.2 Å². The molecule has 1 atom stereocenters. The molecule has 0 aromatic rings. The maximum atomic E-state index is 12.5. The Balaban J connectivity index is 1.66. The first-order chi connectivity index (χ1) is 11.2. The van der Waals surface area contributed by atoms with Crippen molar-refractivity contribution in [3.8, 4) is 0 Å². The SMILES string of the molecule is COC[C@H](C)C1CCN(C(=O)CCN2CCCCCCC2)CC1. The van der Waals surface area contributed by atoms with E-state index < -0.39 is 0 Å². The van der Waals surface area contributed by atoms with Crippen LogP contribution in [0.4, 0.5) is 0 Å². The van der Waals surface area contributed by atoms with E-state index in [1.165, 1.54) is 45.2 Å². The zero-order chi connectivity index (χ0) is 16.5. The number of piperidine rings is 1. The minimum absolute atomic E-state index is 0.366. The van der Waals surface area contributed by atoms with E-state index >= 15 is 0 Å². The molecular weight excluding hydrogens is 288 g/mol. The Bertz CT molecular complexity index is 332. The van der Waals surface area contributed by atoms with Gasteiger partial charge in [0.05, 0.1) is 0 Å². The van der Waals surface area contributed by atoms with E-state index in [1.54, 1.807) is 7.11 Å². The molecule has 0 unspecified atom stereocenters. The number of nitrogens with zero attached hydrogens (tertiary/aromatic N) is 2. The number of hydrogen-bond acceptors (Lipinski definition) is 3. The van der Waals surface area contributed by atoms with E-state index in [0.717, 1.165) is 39.1 Å². The minimum Gasteiger partial charge on any atom is -0.384 e. The summed E-state index contributed by atoms with van der Waals surface area (Å²) in [5.41, 5.74) is 0. The minimum atomic E-state index is 0.366. The van der Waals surface area contributed by atoms with Crippen LogP contribution in [0.5, 0.6) is 0 Å². The zero-order valence-corrected chi connectivity index (χ0v) is 15.3. The number of rotatable bonds is 6. The topological polar surface area (TPSA) is 32.8 Å². The van der Waals surface area contributed by atoms with Crippen molar-refractivity contribution in [2.24, 2.45) is 11.8 Å². The van der Waals surface area contributed by atoms with E-state index in [-0.39, 0.29) is 0 Å². The number of likely N-dealkylation sites (tertiary alicyclic amines) is 2. The summed E-state index contributed by atoms with van der Waals surface area (Å²) in [7, 11) is 1.78. The first-order valence-electron chi connectivity index (χ1n) is 9.69. The fourth-order valence-electron chi connectivity index (χ4n) is 4.07. The summed E-state index contributed by atoms with van der Waals surface area (Å²) < 4.78 is 5.27. The van der Waals surface area contributed by atoms with Gasteiger partial charge in [-0.2, -0.15) is 0 Å². The Morgan fingerprint density at radius 1 is 1.04 bits per heavy atom. The van der Waals surface area contributed by atoms with Crippen molar-refractivity contribution in [1.82, 2.24) is 9.80 Å². The van der Waals surface area contributed by atoms with Crippen molar-refractivity contribution in [2.45, 2.75) is 58.3 Å². The lowest BCUT2D eigenvalue weighted by molar-refractivity contribution is -0.133. The fraction of sp³-hybridized carbons (Fsp3) is 0.947. The number of carbonyl (C=O) groups is 1. The highest BCUT2D eigenvalue weighted by Gasteiger charge is 2.26. The molecule has 0 radical (unpaired) electrons. The first kappa shape index (κ1) is 18.7. The Labute approximate surface area is 142 Å². The van der Waals surface area contributed by atoms with Crippen LogP contribution in [0.25, 0.3) is 0 Å². The van der Waals surface area contributed by atoms with E-state index in [9.17, 15) is 4.79 Å². The monoisotopic (exact) mass is 324 g/mol. The molecule has 2 aliphatic rings. The molecule has 0 saturated carbocycles. The molecule has 2 saturated heterocycles. The average molecular weight is 325 g/mol. The summed E-state index contributed by atoms with van der Waals surface area (Å²) in [5.74, 6) is 1.69. The normalized spacial score (nSPS) is 23.3. The molecule has 134 valence electrons. The van der Waals surface area contributed by atoms with Gasteiger partial charge in [0.15, 0.2) is 0 Å². The predicted octanol–water partition coefficient (Wildman–Crippen LogP) is 3.16. The number of hydrogen-bond donors (Lipinski definition) is 0. The maximum absolute atomic E-state index is 12.5. The number of carbonyl (C=O) groups excluding carboxylic acids is 1. The van der Waals surface area contributed by atoms with Crippen LogP contribution in [0.3, 0.4) is 0 Å². The zero-order valence-electron chi connectivity index (χ0n) is 15.3. The molecule has 4 heteroatoms. The summed E-state index contributed by atoms with van der Waals surface area (Å²) in [4.78, 5) is 17.1. The highest BCUT2D eigenvalue weighted by Crippen LogP contribution is 2.25. The molecule has 2 heterocycles. The van der Waals surface area contributed by atoms with Gasteiger partial charge in [0.2, 0.25) is 5.91 Å². The van der Waals surface area contributed by atoms with Gasteiger partial charge in [-0.25, -0.2) is 0 Å². The summed E-state index contributed by atoms with van der Waals surface area (Å²) in [6.45, 7) is 8.32. The lowest BCUT2D eigenvalue weighted by atomic mass is 9.86. The molecule has 0 bridgehead atoms. The van der Waals surface area contributed by atoms with Crippen LogP contribution in [0, 0.1) is 11.8 Å².